The molecule has 20 heavy (non-hydrogen) atoms. The van der Waals surface area contributed by atoms with Gasteiger partial charge in [-0.1, -0.05) is 51.9 Å². The molecule has 0 aliphatic rings. The minimum absolute atomic E-state index is 0.917. The first-order valence-electron chi connectivity index (χ1n) is 8.02. The summed E-state index contributed by atoms with van der Waals surface area (Å²) in [7, 11) is 3.45. The number of hydrogen-bond donors (Lipinski definition) is 0. The van der Waals surface area contributed by atoms with Crippen molar-refractivity contribution in [1.29, 1.82) is 0 Å². The van der Waals surface area contributed by atoms with E-state index >= 15 is 0 Å². The van der Waals surface area contributed by atoms with Crippen molar-refractivity contribution in [3.05, 3.63) is 23.8 Å². The van der Waals surface area contributed by atoms with Gasteiger partial charge in [0.2, 0.25) is 0 Å². The van der Waals surface area contributed by atoms with Crippen LogP contribution in [0.2, 0.25) is 0 Å². The molecule has 0 atom stereocenters. The smallest absolute Gasteiger partial charge is 0.122 e. The van der Waals surface area contributed by atoms with Crippen LogP contribution in [0.15, 0.2) is 18.2 Å². The molecule has 1 aromatic carbocycles. The van der Waals surface area contributed by atoms with E-state index in [1.807, 2.05) is 12.1 Å². The highest BCUT2D eigenvalue weighted by atomic mass is 16.5. The van der Waals surface area contributed by atoms with Crippen LogP contribution < -0.4 is 9.47 Å². The van der Waals surface area contributed by atoms with Gasteiger partial charge in [-0.15, -0.1) is 0 Å². The van der Waals surface area contributed by atoms with Gasteiger partial charge in [0.1, 0.15) is 11.5 Å². The van der Waals surface area contributed by atoms with E-state index < -0.39 is 0 Å². The molecule has 0 spiro atoms. The number of benzene rings is 1. The van der Waals surface area contributed by atoms with Gasteiger partial charge in [0.25, 0.3) is 0 Å². The van der Waals surface area contributed by atoms with Gasteiger partial charge in [-0.25, -0.2) is 0 Å². The van der Waals surface area contributed by atoms with Gasteiger partial charge in [0.05, 0.1) is 14.2 Å². The Morgan fingerprint density at radius 3 is 2.05 bits per heavy atom. The lowest BCUT2D eigenvalue weighted by molar-refractivity contribution is 0.398. The Bertz CT molecular complexity index is 360. The van der Waals surface area contributed by atoms with Crippen LogP contribution >= 0.6 is 0 Å². The van der Waals surface area contributed by atoms with Crippen molar-refractivity contribution in [2.24, 2.45) is 0 Å². The Labute approximate surface area is 124 Å². The SMILES string of the molecule is CCCCCCCCCCc1cc(OC)ccc1OC. The maximum atomic E-state index is 5.41. The van der Waals surface area contributed by atoms with E-state index in [0.29, 0.717) is 0 Å². The van der Waals surface area contributed by atoms with Gasteiger partial charge in [0, 0.05) is 0 Å². The molecule has 1 rings (SSSR count). The summed E-state index contributed by atoms with van der Waals surface area (Å²) >= 11 is 0. The second kappa shape index (κ2) is 10.6. The van der Waals surface area contributed by atoms with E-state index in [4.69, 9.17) is 9.47 Å². The van der Waals surface area contributed by atoms with Crippen molar-refractivity contribution in [3.8, 4) is 11.5 Å². The van der Waals surface area contributed by atoms with E-state index in [0.717, 1.165) is 17.9 Å². The van der Waals surface area contributed by atoms with E-state index in [9.17, 15) is 0 Å². The van der Waals surface area contributed by atoms with Crippen molar-refractivity contribution >= 4 is 0 Å². The molecule has 0 bridgehead atoms. The summed E-state index contributed by atoms with van der Waals surface area (Å²) in [4.78, 5) is 0. The third-order valence-electron chi connectivity index (χ3n) is 3.79. The predicted molar refractivity (Wildman–Crippen MR) is 85.9 cm³/mol. The quantitative estimate of drug-likeness (QED) is 0.505. The maximum Gasteiger partial charge on any atom is 0.122 e. The van der Waals surface area contributed by atoms with Gasteiger partial charge in [0.15, 0.2) is 0 Å². The Kier molecular flexibility index (Phi) is 8.93. The molecule has 1 aromatic rings. The molecule has 0 fully saturated rings. The zero-order valence-electron chi connectivity index (χ0n) is 13.4. The number of aryl methyl sites for hydroxylation is 1. The number of rotatable bonds is 11. The number of hydrogen-bond acceptors (Lipinski definition) is 2. The van der Waals surface area contributed by atoms with Crippen molar-refractivity contribution in [3.63, 3.8) is 0 Å². The molecule has 0 aliphatic carbocycles. The first-order chi connectivity index (χ1) is 9.81. The first kappa shape index (κ1) is 16.9. The summed E-state index contributed by atoms with van der Waals surface area (Å²) in [5.41, 5.74) is 1.26. The molecule has 0 aromatic heterocycles. The van der Waals surface area contributed by atoms with Gasteiger partial charge >= 0.3 is 0 Å². The summed E-state index contributed by atoms with van der Waals surface area (Å²) in [6.07, 6.45) is 11.9. The molecule has 0 heterocycles. The Hall–Kier alpha value is -1.18. The zero-order chi connectivity index (χ0) is 14.6. The summed E-state index contributed by atoms with van der Waals surface area (Å²) in [5, 5.41) is 0. The second-order valence-electron chi connectivity index (χ2n) is 5.40. The van der Waals surface area contributed by atoms with Crippen LogP contribution in [-0.2, 0) is 6.42 Å². The first-order valence-corrected chi connectivity index (χ1v) is 8.02. The lowest BCUT2D eigenvalue weighted by Gasteiger charge is -2.10. The van der Waals surface area contributed by atoms with Crippen LogP contribution in [-0.4, -0.2) is 14.2 Å². The molecule has 0 amide bonds. The van der Waals surface area contributed by atoms with Gasteiger partial charge in [-0.3, -0.25) is 0 Å². The van der Waals surface area contributed by atoms with Crippen molar-refractivity contribution in [1.82, 2.24) is 0 Å². The highest BCUT2D eigenvalue weighted by molar-refractivity contribution is 5.40. The van der Waals surface area contributed by atoms with Crippen molar-refractivity contribution in [2.75, 3.05) is 14.2 Å². The molecule has 0 saturated carbocycles. The lowest BCUT2D eigenvalue weighted by atomic mass is 10.0. The van der Waals surface area contributed by atoms with Crippen molar-refractivity contribution in [2.45, 2.75) is 64.7 Å². The highest BCUT2D eigenvalue weighted by Gasteiger charge is 2.04. The zero-order valence-corrected chi connectivity index (χ0v) is 13.4. The second-order valence-corrected chi connectivity index (χ2v) is 5.40. The topological polar surface area (TPSA) is 18.5 Å². The molecular formula is C18H30O2. The lowest BCUT2D eigenvalue weighted by Crippen LogP contribution is -1.94. The monoisotopic (exact) mass is 278 g/mol. The molecule has 0 saturated heterocycles. The minimum atomic E-state index is 0.917. The third kappa shape index (κ3) is 6.31. The summed E-state index contributed by atoms with van der Waals surface area (Å²) in [6.45, 7) is 2.27. The fraction of sp³-hybridized carbons (Fsp3) is 0.667. The summed E-state index contributed by atoms with van der Waals surface area (Å²) < 4.78 is 10.7. The molecule has 0 unspecified atom stereocenters. The molecule has 2 nitrogen and oxygen atoms in total. The maximum absolute atomic E-state index is 5.41. The number of methoxy groups -OCH3 is 2. The average molecular weight is 278 g/mol. The van der Waals surface area contributed by atoms with Gasteiger partial charge in [-0.2, -0.15) is 0 Å². The van der Waals surface area contributed by atoms with Crippen LogP contribution in [0, 0.1) is 0 Å². The minimum Gasteiger partial charge on any atom is -0.497 e. The summed E-state index contributed by atoms with van der Waals surface area (Å²) in [5.74, 6) is 1.90. The Morgan fingerprint density at radius 2 is 1.45 bits per heavy atom. The average Bonchev–Trinajstić information content (AvgIpc) is 2.49. The molecule has 0 aliphatic heterocycles. The van der Waals surface area contributed by atoms with Crippen LogP contribution in [0.1, 0.15) is 63.9 Å². The fourth-order valence-corrected chi connectivity index (χ4v) is 2.53. The van der Waals surface area contributed by atoms with E-state index in [1.165, 1.54) is 56.9 Å². The number of unbranched alkanes of at least 4 members (excludes halogenated alkanes) is 7. The molecular weight excluding hydrogens is 248 g/mol. The highest BCUT2D eigenvalue weighted by Crippen LogP contribution is 2.25. The Balaban J connectivity index is 2.24. The van der Waals surface area contributed by atoms with Crippen LogP contribution in [0.5, 0.6) is 11.5 Å². The van der Waals surface area contributed by atoms with Gasteiger partial charge < -0.3 is 9.47 Å². The van der Waals surface area contributed by atoms with Crippen LogP contribution in [0.25, 0.3) is 0 Å². The third-order valence-corrected chi connectivity index (χ3v) is 3.79. The van der Waals surface area contributed by atoms with E-state index in [-0.39, 0.29) is 0 Å². The predicted octanol–water partition coefficient (Wildman–Crippen LogP) is 5.39. The molecule has 0 N–H and O–H groups in total. The number of ether oxygens (including phenoxy) is 2. The normalized spacial score (nSPS) is 10.6. The molecule has 114 valence electrons. The van der Waals surface area contributed by atoms with E-state index in [2.05, 4.69) is 13.0 Å². The van der Waals surface area contributed by atoms with Crippen LogP contribution in [0.3, 0.4) is 0 Å². The standard InChI is InChI=1S/C18H30O2/c1-4-5-6-7-8-9-10-11-12-16-15-17(19-2)13-14-18(16)20-3/h13-15H,4-12H2,1-3H3. The largest absolute Gasteiger partial charge is 0.497 e. The molecule has 2 heteroatoms. The molecule has 0 radical (unpaired) electrons. The van der Waals surface area contributed by atoms with Gasteiger partial charge in [-0.05, 0) is 36.6 Å². The fourth-order valence-electron chi connectivity index (χ4n) is 2.53. The summed E-state index contributed by atoms with van der Waals surface area (Å²) in [6, 6.07) is 6.05. The van der Waals surface area contributed by atoms with E-state index in [1.54, 1.807) is 14.2 Å². The Morgan fingerprint density at radius 1 is 0.800 bits per heavy atom. The van der Waals surface area contributed by atoms with Crippen molar-refractivity contribution < 1.29 is 9.47 Å². The van der Waals surface area contributed by atoms with Crippen LogP contribution in [0.4, 0.5) is 0 Å².